The lowest BCUT2D eigenvalue weighted by Crippen LogP contribution is -2.32. The molecule has 28 heavy (non-hydrogen) atoms. The fraction of sp³-hybridized carbons (Fsp3) is 0.429. The molecule has 0 unspecified atom stereocenters. The molecule has 2 aromatic rings. The van der Waals surface area contributed by atoms with Crippen LogP contribution in [0.15, 0.2) is 29.6 Å². The van der Waals surface area contributed by atoms with E-state index in [1.807, 2.05) is 57.3 Å². The highest BCUT2D eigenvalue weighted by Crippen LogP contribution is 2.32. The first-order valence-electron chi connectivity index (χ1n) is 9.14. The Morgan fingerprint density at radius 2 is 1.93 bits per heavy atom. The number of methoxy groups -OCH3 is 1. The number of ether oxygens (including phenoxy) is 3. The zero-order chi connectivity index (χ0) is 20.7. The molecule has 0 aliphatic carbocycles. The summed E-state index contributed by atoms with van der Waals surface area (Å²) in [5.74, 6) is 0.321. The van der Waals surface area contributed by atoms with Crippen molar-refractivity contribution in [3.63, 3.8) is 0 Å². The van der Waals surface area contributed by atoms with Crippen LogP contribution < -0.4 is 10.1 Å². The highest BCUT2D eigenvalue weighted by molar-refractivity contribution is 7.12. The van der Waals surface area contributed by atoms with Crippen LogP contribution in [0.5, 0.6) is 5.75 Å². The average molecular weight is 406 g/mol. The van der Waals surface area contributed by atoms with Crippen molar-refractivity contribution in [3.8, 4) is 16.9 Å². The Morgan fingerprint density at radius 1 is 1.18 bits per heavy atom. The van der Waals surface area contributed by atoms with Gasteiger partial charge >= 0.3 is 12.1 Å². The van der Waals surface area contributed by atoms with Crippen LogP contribution >= 0.6 is 11.3 Å². The Bertz CT molecular complexity index is 822. The van der Waals surface area contributed by atoms with E-state index in [-0.39, 0.29) is 12.5 Å². The molecule has 0 atom stereocenters. The summed E-state index contributed by atoms with van der Waals surface area (Å²) >= 11 is 1.33. The fourth-order valence-corrected chi connectivity index (χ4v) is 3.34. The van der Waals surface area contributed by atoms with E-state index in [4.69, 9.17) is 14.2 Å². The molecule has 0 saturated carbocycles. The molecule has 0 spiro atoms. The standard InChI is InChI=1S/C21H27NO5S/c1-6-10-26-17-8-7-14(16-9-11-28-18(16)19(23)25-5)12-15(17)13-22-20(24)27-21(2,3)4/h7-9,11-12H,6,10,13H2,1-5H3,(H,22,24). The van der Waals surface area contributed by atoms with Crippen LogP contribution in [0.3, 0.4) is 0 Å². The maximum atomic E-state index is 12.0. The van der Waals surface area contributed by atoms with Crippen molar-refractivity contribution in [1.29, 1.82) is 0 Å². The van der Waals surface area contributed by atoms with Gasteiger partial charge in [0, 0.05) is 17.7 Å². The fourth-order valence-electron chi connectivity index (χ4n) is 2.51. The van der Waals surface area contributed by atoms with E-state index in [0.717, 1.165) is 23.1 Å². The number of carbonyl (C=O) groups excluding carboxylic acids is 2. The van der Waals surface area contributed by atoms with E-state index in [0.29, 0.717) is 17.2 Å². The second kappa shape index (κ2) is 9.59. The van der Waals surface area contributed by atoms with Gasteiger partial charge in [0.1, 0.15) is 16.2 Å². The lowest BCUT2D eigenvalue weighted by Gasteiger charge is -2.20. The van der Waals surface area contributed by atoms with Crippen LogP contribution in [0, 0.1) is 0 Å². The zero-order valence-electron chi connectivity index (χ0n) is 17.0. The number of nitrogens with one attached hydrogen (secondary N) is 1. The third-order valence-corrected chi connectivity index (χ3v) is 4.59. The molecule has 6 nitrogen and oxygen atoms in total. The predicted octanol–water partition coefficient (Wildman–Crippen LogP) is 5.02. The van der Waals surface area contributed by atoms with E-state index in [2.05, 4.69) is 5.32 Å². The Hall–Kier alpha value is -2.54. The average Bonchev–Trinajstić information content (AvgIpc) is 3.12. The van der Waals surface area contributed by atoms with Crippen molar-refractivity contribution in [2.24, 2.45) is 0 Å². The van der Waals surface area contributed by atoms with Crippen LogP contribution in [0.1, 0.15) is 49.4 Å². The quantitative estimate of drug-likeness (QED) is 0.655. The van der Waals surface area contributed by atoms with Crippen molar-refractivity contribution in [2.75, 3.05) is 13.7 Å². The van der Waals surface area contributed by atoms with Gasteiger partial charge in [-0.2, -0.15) is 0 Å². The first kappa shape index (κ1) is 21.8. The largest absolute Gasteiger partial charge is 0.493 e. The van der Waals surface area contributed by atoms with Crippen molar-refractivity contribution in [2.45, 2.75) is 46.3 Å². The van der Waals surface area contributed by atoms with E-state index < -0.39 is 11.7 Å². The Balaban J connectivity index is 2.28. The number of esters is 1. The molecule has 7 heteroatoms. The van der Waals surface area contributed by atoms with E-state index in [1.165, 1.54) is 18.4 Å². The molecule has 2 rings (SSSR count). The van der Waals surface area contributed by atoms with Crippen LogP contribution in [-0.2, 0) is 16.0 Å². The first-order chi connectivity index (χ1) is 13.2. The molecule has 1 aromatic heterocycles. The van der Waals surface area contributed by atoms with Crippen LogP contribution in [0.2, 0.25) is 0 Å². The SMILES string of the molecule is CCCOc1ccc(-c2ccsc2C(=O)OC)cc1CNC(=O)OC(C)(C)C. The predicted molar refractivity (Wildman–Crippen MR) is 110 cm³/mol. The molecule has 1 N–H and O–H groups in total. The topological polar surface area (TPSA) is 73.9 Å². The van der Waals surface area contributed by atoms with Gasteiger partial charge in [0.15, 0.2) is 0 Å². The van der Waals surface area contributed by atoms with Gasteiger partial charge < -0.3 is 19.5 Å². The summed E-state index contributed by atoms with van der Waals surface area (Å²) in [5.41, 5.74) is 1.88. The number of alkyl carbamates (subject to hydrolysis) is 1. The van der Waals surface area contributed by atoms with Crippen molar-refractivity contribution < 1.29 is 23.8 Å². The lowest BCUT2D eigenvalue weighted by molar-refractivity contribution is 0.0522. The minimum atomic E-state index is -0.570. The highest BCUT2D eigenvalue weighted by Gasteiger charge is 2.18. The molecule has 1 heterocycles. The summed E-state index contributed by atoms with van der Waals surface area (Å²) in [4.78, 5) is 24.6. The normalized spacial score (nSPS) is 11.0. The van der Waals surface area contributed by atoms with Gasteiger partial charge in [-0.05, 0) is 56.3 Å². The summed E-state index contributed by atoms with van der Waals surface area (Å²) in [5, 5.41) is 4.61. The minimum absolute atomic E-state index is 0.249. The molecule has 0 radical (unpaired) electrons. The van der Waals surface area contributed by atoms with Crippen molar-refractivity contribution >= 4 is 23.4 Å². The number of hydrogen-bond acceptors (Lipinski definition) is 6. The van der Waals surface area contributed by atoms with Crippen LogP contribution in [0.25, 0.3) is 11.1 Å². The number of hydrogen-bond donors (Lipinski definition) is 1. The third-order valence-electron chi connectivity index (χ3n) is 3.69. The molecule has 0 aliphatic rings. The van der Waals surface area contributed by atoms with E-state index >= 15 is 0 Å². The Kier molecular flexibility index (Phi) is 7.45. The third kappa shape index (κ3) is 5.99. The van der Waals surface area contributed by atoms with E-state index in [9.17, 15) is 9.59 Å². The van der Waals surface area contributed by atoms with Gasteiger partial charge in [0.25, 0.3) is 0 Å². The van der Waals surface area contributed by atoms with Gasteiger partial charge in [-0.15, -0.1) is 11.3 Å². The molecular formula is C21H27NO5S. The van der Waals surface area contributed by atoms with E-state index in [1.54, 1.807) is 0 Å². The molecule has 0 saturated heterocycles. The minimum Gasteiger partial charge on any atom is -0.493 e. The molecule has 0 aliphatic heterocycles. The smallest absolute Gasteiger partial charge is 0.407 e. The number of benzene rings is 1. The van der Waals surface area contributed by atoms with Gasteiger partial charge in [-0.1, -0.05) is 13.0 Å². The molecular weight excluding hydrogens is 378 g/mol. The monoisotopic (exact) mass is 405 g/mol. The zero-order valence-corrected chi connectivity index (χ0v) is 17.8. The van der Waals surface area contributed by atoms with Gasteiger partial charge in [-0.3, -0.25) is 0 Å². The summed E-state index contributed by atoms with van der Waals surface area (Å²) in [7, 11) is 1.36. The van der Waals surface area contributed by atoms with Crippen LogP contribution in [-0.4, -0.2) is 31.4 Å². The highest BCUT2D eigenvalue weighted by atomic mass is 32.1. The molecule has 0 bridgehead atoms. The number of carbonyl (C=O) groups is 2. The summed E-state index contributed by atoms with van der Waals surface area (Å²) < 4.78 is 16.0. The Labute approximate surface area is 169 Å². The molecule has 1 amide bonds. The van der Waals surface area contributed by atoms with Gasteiger partial charge in [0.2, 0.25) is 0 Å². The summed E-state index contributed by atoms with van der Waals surface area (Å²) in [6.45, 7) is 8.29. The van der Waals surface area contributed by atoms with Crippen molar-refractivity contribution in [3.05, 3.63) is 40.1 Å². The molecule has 152 valence electrons. The Morgan fingerprint density at radius 3 is 2.57 bits per heavy atom. The number of thiophene rings is 1. The van der Waals surface area contributed by atoms with Gasteiger partial charge in [-0.25, -0.2) is 9.59 Å². The maximum Gasteiger partial charge on any atom is 0.407 e. The number of amides is 1. The molecule has 0 fully saturated rings. The summed E-state index contributed by atoms with van der Waals surface area (Å²) in [6, 6.07) is 7.55. The van der Waals surface area contributed by atoms with Crippen molar-refractivity contribution in [1.82, 2.24) is 5.32 Å². The lowest BCUT2D eigenvalue weighted by atomic mass is 10.0. The number of rotatable bonds is 7. The second-order valence-corrected chi connectivity index (χ2v) is 8.10. The first-order valence-corrected chi connectivity index (χ1v) is 10.0. The summed E-state index contributed by atoms with van der Waals surface area (Å²) in [6.07, 6.45) is 0.377. The second-order valence-electron chi connectivity index (χ2n) is 7.18. The maximum absolute atomic E-state index is 12.0. The van der Waals surface area contributed by atoms with Gasteiger partial charge in [0.05, 0.1) is 13.7 Å². The molecule has 1 aromatic carbocycles. The van der Waals surface area contributed by atoms with Crippen LogP contribution in [0.4, 0.5) is 4.79 Å².